The zero-order chi connectivity index (χ0) is 18.7. The molecule has 0 spiro atoms. The fourth-order valence-electron chi connectivity index (χ4n) is 2.98. The summed E-state index contributed by atoms with van der Waals surface area (Å²) in [6.45, 7) is 2.24. The van der Waals surface area contributed by atoms with Gasteiger partial charge in [0.1, 0.15) is 5.75 Å². The first-order chi connectivity index (χ1) is 12.4. The van der Waals surface area contributed by atoms with Crippen molar-refractivity contribution in [2.45, 2.75) is 19.4 Å². The maximum Gasteiger partial charge on any atom is 0.256 e. The highest BCUT2D eigenvalue weighted by atomic mass is 32.2. The van der Waals surface area contributed by atoms with Crippen LogP contribution in [0.3, 0.4) is 0 Å². The Labute approximate surface area is 153 Å². The molecule has 7 nitrogen and oxygen atoms in total. The van der Waals surface area contributed by atoms with E-state index in [4.69, 9.17) is 4.74 Å². The Balaban J connectivity index is 1.87. The van der Waals surface area contributed by atoms with Gasteiger partial charge in [0.05, 0.1) is 24.5 Å². The maximum atomic E-state index is 12.8. The Morgan fingerprint density at radius 3 is 2.88 bits per heavy atom. The van der Waals surface area contributed by atoms with Crippen LogP contribution in [0.15, 0.2) is 52.6 Å². The number of nitrogens with zero attached hydrogens (tertiary/aromatic N) is 2. The van der Waals surface area contributed by atoms with Crippen LogP contribution in [0.5, 0.6) is 5.75 Å². The largest absolute Gasteiger partial charge is 0.496 e. The third kappa shape index (κ3) is 3.65. The van der Waals surface area contributed by atoms with Crippen molar-refractivity contribution in [1.29, 1.82) is 0 Å². The van der Waals surface area contributed by atoms with Crippen molar-refractivity contribution in [3.05, 3.63) is 53.8 Å². The lowest BCUT2D eigenvalue weighted by Gasteiger charge is -2.29. The van der Waals surface area contributed by atoms with Gasteiger partial charge in [-0.3, -0.25) is 4.79 Å². The Kier molecular flexibility index (Phi) is 5.13. The molecule has 0 radical (unpaired) electrons. The molecule has 2 aliphatic rings. The van der Waals surface area contributed by atoms with E-state index in [1.807, 2.05) is 31.2 Å². The van der Waals surface area contributed by atoms with Crippen molar-refractivity contribution in [2.75, 3.05) is 19.4 Å². The van der Waals surface area contributed by atoms with Gasteiger partial charge in [0.2, 0.25) is 0 Å². The minimum atomic E-state index is -3.54. The van der Waals surface area contributed by atoms with Gasteiger partial charge in [0, 0.05) is 18.3 Å². The molecule has 1 aromatic rings. The molecular weight excluding hydrogens is 354 g/mol. The van der Waals surface area contributed by atoms with Gasteiger partial charge >= 0.3 is 0 Å². The number of allylic oxidation sites excluding steroid dienone is 2. The van der Waals surface area contributed by atoms with Gasteiger partial charge < -0.3 is 15.0 Å². The highest BCUT2D eigenvalue weighted by molar-refractivity contribution is 7.90. The first-order valence-corrected chi connectivity index (χ1v) is 9.98. The van der Waals surface area contributed by atoms with Crippen molar-refractivity contribution in [2.24, 2.45) is 4.40 Å². The van der Waals surface area contributed by atoms with Crippen molar-refractivity contribution < 1.29 is 17.9 Å². The summed E-state index contributed by atoms with van der Waals surface area (Å²) >= 11 is 0. The Morgan fingerprint density at radius 1 is 1.38 bits per heavy atom. The first kappa shape index (κ1) is 18.2. The normalized spacial score (nSPS) is 19.1. The van der Waals surface area contributed by atoms with Crippen LogP contribution in [0.2, 0.25) is 0 Å². The number of carbonyl (C=O) groups excluding carboxylic acids is 1. The summed E-state index contributed by atoms with van der Waals surface area (Å²) in [5.41, 5.74) is 1.11. The number of para-hydroxylation sites is 1. The summed E-state index contributed by atoms with van der Waals surface area (Å²) in [7, 11) is -1.96. The average molecular weight is 375 g/mol. The van der Waals surface area contributed by atoms with Crippen LogP contribution < -0.4 is 10.1 Å². The van der Waals surface area contributed by atoms with E-state index in [9.17, 15) is 13.2 Å². The van der Waals surface area contributed by atoms with Gasteiger partial charge in [-0.2, -0.15) is 0 Å². The monoisotopic (exact) mass is 375 g/mol. The zero-order valence-corrected chi connectivity index (χ0v) is 15.5. The lowest BCUT2D eigenvalue weighted by atomic mass is 10.0. The lowest BCUT2D eigenvalue weighted by molar-refractivity contribution is -0.117. The summed E-state index contributed by atoms with van der Waals surface area (Å²) in [4.78, 5) is 14.5. The third-order valence-corrected chi connectivity index (χ3v) is 5.48. The maximum absolute atomic E-state index is 12.8. The highest BCUT2D eigenvalue weighted by Crippen LogP contribution is 2.27. The van der Waals surface area contributed by atoms with Crippen molar-refractivity contribution in [3.8, 4) is 5.75 Å². The Bertz CT molecular complexity index is 903. The van der Waals surface area contributed by atoms with Gasteiger partial charge in [0.15, 0.2) is 5.84 Å². The second kappa shape index (κ2) is 7.33. The highest BCUT2D eigenvalue weighted by Gasteiger charge is 2.31. The quantitative estimate of drug-likeness (QED) is 0.847. The summed E-state index contributed by atoms with van der Waals surface area (Å²) in [5, 5.41) is 2.96. The fourth-order valence-corrected chi connectivity index (χ4v) is 3.97. The molecule has 1 unspecified atom stereocenters. The van der Waals surface area contributed by atoms with Crippen LogP contribution in [0.1, 0.15) is 24.9 Å². The van der Waals surface area contributed by atoms with Crippen LogP contribution >= 0.6 is 0 Å². The molecule has 1 N–H and O–H groups in total. The molecule has 1 atom stereocenters. The second-order valence-electron chi connectivity index (χ2n) is 5.99. The standard InChI is InChI=1S/C18H21N3O4S/c1-3-15(13-7-4-5-9-16(13)25-2)19-18(22)14-8-6-10-21-11-12-26(23,24)20-17(14)21/h4-10,15H,3,11-12H2,1-2H3,(H,19,22). The van der Waals surface area contributed by atoms with Gasteiger partial charge in [-0.1, -0.05) is 25.1 Å². The Morgan fingerprint density at radius 2 is 2.15 bits per heavy atom. The molecule has 3 rings (SSSR count). The molecular formula is C18H21N3O4S. The van der Waals surface area contributed by atoms with E-state index in [1.54, 1.807) is 30.4 Å². The number of nitrogens with one attached hydrogen (secondary N) is 1. The number of methoxy groups -OCH3 is 1. The van der Waals surface area contributed by atoms with Gasteiger partial charge in [-0.05, 0) is 24.6 Å². The first-order valence-electron chi connectivity index (χ1n) is 8.37. The van der Waals surface area contributed by atoms with Crippen LogP contribution in [-0.2, 0) is 14.8 Å². The van der Waals surface area contributed by atoms with E-state index in [1.165, 1.54) is 0 Å². The molecule has 0 saturated carbocycles. The minimum Gasteiger partial charge on any atom is -0.496 e. The molecule has 0 bridgehead atoms. The number of hydrogen-bond acceptors (Lipinski definition) is 5. The lowest BCUT2D eigenvalue weighted by Crippen LogP contribution is -2.42. The summed E-state index contributed by atoms with van der Waals surface area (Å²) < 4.78 is 32.9. The van der Waals surface area contributed by atoms with E-state index < -0.39 is 10.0 Å². The van der Waals surface area contributed by atoms with Crippen molar-refractivity contribution in [1.82, 2.24) is 10.2 Å². The molecule has 0 aromatic heterocycles. The summed E-state index contributed by atoms with van der Waals surface area (Å²) in [6, 6.07) is 7.23. The molecule has 0 aliphatic carbocycles. The van der Waals surface area contributed by atoms with Crippen LogP contribution in [0.25, 0.3) is 0 Å². The average Bonchev–Trinajstić information content (AvgIpc) is 2.64. The zero-order valence-electron chi connectivity index (χ0n) is 14.7. The third-order valence-electron chi connectivity index (χ3n) is 4.33. The smallest absolute Gasteiger partial charge is 0.256 e. The van der Waals surface area contributed by atoms with Gasteiger partial charge in [-0.15, -0.1) is 4.40 Å². The minimum absolute atomic E-state index is 0.0610. The predicted octanol–water partition coefficient (Wildman–Crippen LogP) is 1.76. The van der Waals surface area contributed by atoms with E-state index in [2.05, 4.69) is 9.71 Å². The molecule has 26 heavy (non-hydrogen) atoms. The molecule has 1 amide bonds. The number of amidine groups is 1. The van der Waals surface area contributed by atoms with Gasteiger partial charge in [-0.25, -0.2) is 8.42 Å². The number of hydrogen-bond donors (Lipinski definition) is 1. The second-order valence-corrected chi connectivity index (χ2v) is 7.75. The molecule has 138 valence electrons. The van der Waals surface area contributed by atoms with E-state index in [-0.39, 0.29) is 35.7 Å². The molecule has 8 heteroatoms. The van der Waals surface area contributed by atoms with E-state index in [0.29, 0.717) is 12.2 Å². The fraction of sp³-hybridized carbons (Fsp3) is 0.333. The molecule has 1 aromatic carbocycles. The van der Waals surface area contributed by atoms with Crippen LogP contribution in [0.4, 0.5) is 0 Å². The number of rotatable bonds is 5. The molecule has 2 heterocycles. The number of ether oxygens (including phenoxy) is 1. The molecule has 2 aliphatic heterocycles. The molecule has 0 saturated heterocycles. The predicted molar refractivity (Wildman–Crippen MR) is 99.3 cm³/mol. The number of amides is 1. The van der Waals surface area contributed by atoms with E-state index >= 15 is 0 Å². The van der Waals surface area contributed by atoms with Crippen molar-refractivity contribution in [3.63, 3.8) is 0 Å². The number of fused-ring (bicyclic) bond motifs is 1. The summed E-state index contributed by atoms with van der Waals surface area (Å²) in [5.74, 6) is 0.435. The number of benzene rings is 1. The van der Waals surface area contributed by atoms with Crippen molar-refractivity contribution >= 4 is 21.8 Å². The summed E-state index contributed by atoms with van der Waals surface area (Å²) in [6.07, 6.45) is 5.68. The Hall–Kier alpha value is -2.61. The van der Waals surface area contributed by atoms with Crippen LogP contribution in [-0.4, -0.2) is 44.5 Å². The van der Waals surface area contributed by atoms with Gasteiger partial charge in [0.25, 0.3) is 15.9 Å². The number of carbonyl (C=O) groups is 1. The SMILES string of the molecule is CCC(NC(=O)C1=CC=CN2CCS(=O)(=O)N=C12)c1ccccc1OC. The van der Waals surface area contributed by atoms with Crippen LogP contribution in [0, 0.1) is 0 Å². The topological polar surface area (TPSA) is 88.1 Å². The molecule has 0 fully saturated rings. The number of sulfonamides is 1. The van der Waals surface area contributed by atoms with E-state index in [0.717, 1.165) is 5.56 Å².